The molecule has 0 atom stereocenters. The molecule has 2 rings (SSSR count). The number of hydrogen-bond acceptors (Lipinski definition) is 5. The van der Waals surface area contributed by atoms with Crippen LogP contribution in [0.3, 0.4) is 0 Å². The minimum absolute atomic E-state index is 0.281. The van der Waals surface area contributed by atoms with Crippen molar-refractivity contribution in [1.29, 1.82) is 0 Å². The van der Waals surface area contributed by atoms with Gasteiger partial charge >= 0.3 is 0 Å². The van der Waals surface area contributed by atoms with Crippen LogP contribution in [0.15, 0.2) is 33.2 Å². The first kappa shape index (κ1) is 14.2. The van der Waals surface area contributed by atoms with Crippen LogP contribution in [-0.2, 0) is 11.3 Å². The van der Waals surface area contributed by atoms with Crippen molar-refractivity contribution in [1.82, 2.24) is 9.97 Å². The molecule has 7 heteroatoms. The first-order valence-corrected chi connectivity index (χ1v) is 6.92. The number of benzene rings is 1. The van der Waals surface area contributed by atoms with Crippen LogP contribution in [0.5, 0.6) is 11.6 Å². The molecule has 0 aliphatic heterocycles. The monoisotopic (exact) mass is 387 g/mol. The lowest BCUT2D eigenvalue weighted by molar-refractivity contribution is 0.177. The van der Waals surface area contributed by atoms with Gasteiger partial charge in [-0.1, -0.05) is 15.9 Å². The maximum absolute atomic E-state index is 5.70. The second-order valence-corrected chi connectivity index (χ2v) is 5.43. The van der Waals surface area contributed by atoms with Gasteiger partial charge in [-0.15, -0.1) is 0 Å². The fourth-order valence-corrected chi connectivity index (χ4v) is 2.54. The van der Waals surface area contributed by atoms with Crippen molar-refractivity contribution in [2.45, 2.75) is 6.61 Å². The summed E-state index contributed by atoms with van der Waals surface area (Å²) in [6.07, 6.45) is 0. The Morgan fingerprint density at radius 1 is 1.21 bits per heavy atom. The molecule has 100 valence electrons. The SMILES string of the molecule is COCc1nc(N)cc(Oc2ccc(Br)cc2Br)n1. The molecule has 0 aliphatic carbocycles. The van der Waals surface area contributed by atoms with E-state index >= 15 is 0 Å². The third kappa shape index (κ3) is 3.89. The Hall–Kier alpha value is -1.18. The van der Waals surface area contributed by atoms with E-state index in [0.29, 0.717) is 23.3 Å². The summed E-state index contributed by atoms with van der Waals surface area (Å²) in [4.78, 5) is 8.26. The zero-order valence-electron chi connectivity index (χ0n) is 10.1. The van der Waals surface area contributed by atoms with Crippen LogP contribution in [0.1, 0.15) is 5.82 Å². The molecular formula is C12H11Br2N3O2. The van der Waals surface area contributed by atoms with Crippen LogP contribution in [0, 0.1) is 0 Å². The summed E-state index contributed by atoms with van der Waals surface area (Å²) in [6, 6.07) is 7.15. The van der Waals surface area contributed by atoms with E-state index in [1.54, 1.807) is 13.2 Å². The van der Waals surface area contributed by atoms with Crippen molar-refractivity contribution in [2.75, 3.05) is 12.8 Å². The normalized spacial score (nSPS) is 10.5. The van der Waals surface area contributed by atoms with Gasteiger partial charge < -0.3 is 15.2 Å². The summed E-state index contributed by atoms with van der Waals surface area (Å²) in [5, 5.41) is 0. The van der Waals surface area contributed by atoms with Gasteiger partial charge in [0.25, 0.3) is 0 Å². The van der Waals surface area contributed by atoms with Gasteiger partial charge in [0, 0.05) is 17.6 Å². The molecule has 0 bridgehead atoms. The summed E-state index contributed by atoms with van der Waals surface area (Å²) in [7, 11) is 1.57. The molecule has 0 spiro atoms. The molecule has 5 nitrogen and oxygen atoms in total. The Balaban J connectivity index is 2.27. The lowest BCUT2D eigenvalue weighted by Crippen LogP contribution is -2.02. The largest absolute Gasteiger partial charge is 0.438 e. The molecule has 1 aromatic carbocycles. The number of halogens is 2. The maximum atomic E-state index is 5.70. The minimum Gasteiger partial charge on any atom is -0.438 e. The summed E-state index contributed by atoms with van der Waals surface area (Å²) in [5.41, 5.74) is 5.70. The highest BCUT2D eigenvalue weighted by Gasteiger charge is 2.07. The summed E-state index contributed by atoms with van der Waals surface area (Å²) in [5.74, 6) is 1.84. The van der Waals surface area contributed by atoms with Gasteiger partial charge in [0.2, 0.25) is 5.88 Å². The Morgan fingerprint density at radius 3 is 2.68 bits per heavy atom. The Labute approximate surface area is 127 Å². The number of anilines is 1. The fraction of sp³-hybridized carbons (Fsp3) is 0.167. The molecule has 1 aromatic heterocycles. The highest BCUT2D eigenvalue weighted by atomic mass is 79.9. The highest BCUT2D eigenvalue weighted by Crippen LogP contribution is 2.31. The molecule has 2 aromatic rings. The predicted octanol–water partition coefficient (Wildman–Crippen LogP) is 3.52. The van der Waals surface area contributed by atoms with Crippen molar-refractivity contribution in [3.63, 3.8) is 0 Å². The van der Waals surface area contributed by atoms with Gasteiger partial charge in [0.1, 0.15) is 18.2 Å². The number of rotatable bonds is 4. The third-order valence-electron chi connectivity index (χ3n) is 2.15. The van der Waals surface area contributed by atoms with Gasteiger partial charge in [0.15, 0.2) is 5.82 Å². The maximum Gasteiger partial charge on any atom is 0.224 e. The molecule has 0 amide bonds. The van der Waals surface area contributed by atoms with Gasteiger partial charge in [-0.25, -0.2) is 4.98 Å². The standard InChI is InChI=1S/C12H11Br2N3O2/c1-18-6-11-16-10(15)5-12(17-11)19-9-3-2-7(13)4-8(9)14/h2-5H,6H2,1H3,(H2,15,16,17). The average molecular weight is 389 g/mol. The second-order valence-electron chi connectivity index (χ2n) is 3.66. The first-order valence-electron chi connectivity index (χ1n) is 5.34. The number of hydrogen-bond donors (Lipinski definition) is 1. The van der Waals surface area contributed by atoms with Crippen LogP contribution in [0.2, 0.25) is 0 Å². The summed E-state index contributed by atoms with van der Waals surface area (Å²) < 4.78 is 12.4. The van der Waals surface area contributed by atoms with E-state index in [0.717, 1.165) is 8.95 Å². The number of methoxy groups -OCH3 is 1. The average Bonchev–Trinajstić information content (AvgIpc) is 2.32. The molecule has 0 fully saturated rings. The molecule has 19 heavy (non-hydrogen) atoms. The summed E-state index contributed by atoms with van der Waals surface area (Å²) in [6.45, 7) is 0.281. The molecular weight excluding hydrogens is 378 g/mol. The smallest absolute Gasteiger partial charge is 0.224 e. The lowest BCUT2D eigenvalue weighted by Gasteiger charge is -2.09. The lowest BCUT2D eigenvalue weighted by atomic mass is 10.3. The van der Waals surface area contributed by atoms with Crippen LogP contribution < -0.4 is 10.5 Å². The molecule has 0 aliphatic rings. The van der Waals surface area contributed by atoms with Crippen molar-refractivity contribution >= 4 is 37.7 Å². The highest BCUT2D eigenvalue weighted by molar-refractivity contribution is 9.11. The van der Waals surface area contributed by atoms with Crippen LogP contribution in [-0.4, -0.2) is 17.1 Å². The fourth-order valence-electron chi connectivity index (χ4n) is 1.41. The third-order valence-corrected chi connectivity index (χ3v) is 3.26. The van der Waals surface area contributed by atoms with Crippen molar-refractivity contribution in [2.24, 2.45) is 0 Å². The van der Waals surface area contributed by atoms with Gasteiger partial charge in [-0.2, -0.15) is 4.98 Å². The molecule has 0 unspecified atom stereocenters. The molecule has 0 radical (unpaired) electrons. The van der Waals surface area contributed by atoms with Crippen molar-refractivity contribution in [3.05, 3.63) is 39.0 Å². The van der Waals surface area contributed by atoms with Gasteiger partial charge in [-0.05, 0) is 34.1 Å². The van der Waals surface area contributed by atoms with Gasteiger partial charge in [-0.3, -0.25) is 0 Å². The van der Waals surface area contributed by atoms with E-state index in [-0.39, 0.29) is 6.61 Å². The van der Waals surface area contributed by atoms with Crippen LogP contribution in [0.25, 0.3) is 0 Å². The topological polar surface area (TPSA) is 70.3 Å². The van der Waals surface area contributed by atoms with E-state index in [4.69, 9.17) is 15.2 Å². The first-order chi connectivity index (χ1) is 9.08. The Morgan fingerprint density at radius 2 is 2.00 bits per heavy atom. The predicted molar refractivity (Wildman–Crippen MR) is 79.1 cm³/mol. The number of nitrogens with two attached hydrogens (primary N) is 1. The second kappa shape index (κ2) is 6.31. The summed E-state index contributed by atoms with van der Waals surface area (Å²) >= 11 is 6.80. The van der Waals surface area contributed by atoms with Gasteiger partial charge in [0.05, 0.1) is 4.47 Å². The number of aromatic nitrogens is 2. The number of ether oxygens (including phenoxy) is 2. The molecule has 1 heterocycles. The Kier molecular flexibility index (Phi) is 4.73. The Bertz CT molecular complexity index is 593. The molecule has 2 N–H and O–H groups in total. The van der Waals surface area contributed by atoms with E-state index in [1.807, 2.05) is 18.2 Å². The van der Waals surface area contributed by atoms with E-state index in [1.165, 1.54) is 0 Å². The quantitative estimate of drug-likeness (QED) is 0.867. The number of nitrogens with zero attached hydrogens (tertiary/aromatic N) is 2. The zero-order chi connectivity index (χ0) is 13.8. The number of nitrogen functional groups attached to an aromatic ring is 1. The van der Waals surface area contributed by atoms with Crippen LogP contribution >= 0.6 is 31.9 Å². The van der Waals surface area contributed by atoms with E-state index in [2.05, 4.69) is 41.8 Å². The van der Waals surface area contributed by atoms with E-state index < -0.39 is 0 Å². The zero-order valence-corrected chi connectivity index (χ0v) is 13.2. The van der Waals surface area contributed by atoms with Crippen molar-refractivity contribution in [3.8, 4) is 11.6 Å². The van der Waals surface area contributed by atoms with E-state index in [9.17, 15) is 0 Å². The van der Waals surface area contributed by atoms with Crippen LogP contribution in [0.4, 0.5) is 5.82 Å². The minimum atomic E-state index is 0.281. The molecule has 0 saturated carbocycles. The van der Waals surface area contributed by atoms with Crippen molar-refractivity contribution < 1.29 is 9.47 Å². The molecule has 0 saturated heterocycles.